The fraction of sp³-hybridized carbons (Fsp3) is 0.211. The lowest BCUT2D eigenvalue weighted by atomic mass is 9.96. The number of nitrogens with zero attached hydrogens (tertiary/aromatic N) is 4. The van der Waals surface area contributed by atoms with Crippen LogP contribution in [-0.4, -0.2) is 42.1 Å². The Morgan fingerprint density at radius 3 is 2.50 bits per heavy atom. The van der Waals surface area contributed by atoms with E-state index in [0.717, 1.165) is 6.07 Å². The first-order valence-corrected chi connectivity index (χ1v) is 8.78. The van der Waals surface area contributed by atoms with Gasteiger partial charge in [0.05, 0.1) is 42.4 Å². The molecule has 2 aliphatic heterocycles. The molecule has 0 aliphatic carbocycles. The molecule has 0 fully saturated rings. The van der Waals surface area contributed by atoms with E-state index >= 15 is 0 Å². The normalized spacial score (nSPS) is 16.5. The van der Waals surface area contributed by atoms with E-state index in [-0.39, 0.29) is 30.3 Å². The molecule has 2 heterocycles. The Morgan fingerprint density at radius 2 is 1.79 bits per heavy atom. The number of amidine groups is 1. The highest BCUT2D eigenvalue weighted by molar-refractivity contribution is 6.36. The van der Waals surface area contributed by atoms with Gasteiger partial charge in [0, 0.05) is 16.1 Å². The van der Waals surface area contributed by atoms with Gasteiger partial charge in [-0.3, -0.25) is 4.99 Å². The summed E-state index contributed by atoms with van der Waals surface area (Å²) in [4.78, 5) is 5.94. The van der Waals surface area contributed by atoms with Crippen LogP contribution in [0.2, 0.25) is 5.02 Å². The van der Waals surface area contributed by atoms with Crippen LogP contribution in [0.15, 0.2) is 57.7 Å². The highest BCUT2D eigenvalue weighted by Crippen LogP contribution is 2.41. The molecule has 0 saturated heterocycles. The van der Waals surface area contributed by atoms with Gasteiger partial charge in [-0.25, -0.2) is 0 Å². The molecule has 0 saturated carbocycles. The van der Waals surface area contributed by atoms with E-state index in [1.807, 2.05) is 0 Å². The fourth-order valence-electron chi connectivity index (χ4n) is 3.27. The number of alkyl halides is 3. The minimum atomic E-state index is -4.58. The highest BCUT2D eigenvalue weighted by Gasteiger charge is 2.39. The average molecular weight is 407 g/mol. The average Bonchev–Trinajstić information content (AvgIpc) is 2.84. The maximum atomic E-state index is 13.8. The lowest BCUT2D eigenvalue weighted by molar-refractivity contribution is -0.137. The third-order valence-corrected chi connectivity index (χ3v) is 4.85. The van der Waals surface area contributed by atoms with Crippen molar-refractivity contribution in [2.75, 3.05) is 24.6 Å². The Morgan fingerprint density at radius 1 is 1.04 bits per heavy atom. The second-order valence-corrected chi connectivity index (χ2v) is 6.68. The summed E-state index contributed by atoms with van der Waals surface area (Å²) < 4.78 is 41.5. The molecule has 0 aromatic heterocycles. The zero-order valence-electron chi connectivity index (χ0n) is 14.4. The summed E-state index contributed by atoms with van der Waals surface area (Å²) in [6.07, 6.45) is -4.58. The number of hydrogen-bond acceptors (Lipinski definition) is 5. The molecular weight excluding hydrogens is 393 g/mol. The van der Waals surface area contributed by atoms with E-state index in [1.165, 1.54) is 11.0 Å². The Labute approximate surface area is 163 Å². The van der Waals surface area contributed by atoms with Gasteiger partial charge in [0.1, 0.15) is 0 Å². The number of anilines is 1. The van der Waals surface area contributed by atoms with E-state index < -0.39 is 18.3 Å². The van der Waals surface area contributed by atoms with E-state index in [1.54, 1.807) is 30.3 Å². The van der Waals surface area contributed by atoms with Crippen molar-refractivity contribution in [2.45, 2.75) is 6.18 Å². The van der Waals surface area contributed by atoms with Gasteiger partial charge in [-0.05, 0) is 12.1 Å². The van der Waals surface area contributed by atoms with Crippen LogP contribution in [0, 0.1) is 0 Å². The number of para-hydroxylation sites is 1. The summed E-state index contributed by atoms with van der Waals surface area (Å²) in [5, 5.41) is 17.7. The number of halogens is 4. The smallest absolute Gasteiger partial charge is 0.390 e. The molecule has 0 bridgehead atoms. The van der Waals surface area contributed by atoms with Gasteiger partial charge in [0.25, 0.3) is 0 Å². The molecule has 2 aromatic rings. The molecule has 28 heavy (non-hydrogen) atoms. The standard InChI is InChI=1S/C19H14ClF3N4O/c20-15-7-2-1-4-12(15)17-13-5-3-6-14(19(21,22)23)18(13)27-9-11(10-28)25-26-16(27)8-24-17/h1-7,28H,8-10H2. The minimum Gasteiger partial charge on any atom is -0.390 e. The van der Waals surface area contributed by atoms with Crippen molar-refractivity contribution in [2.24, 2.45) is 15.2 Å². The van der Waals surface area contributed by atoms with Crippen molar-refractivity contribution < 1.29 is 18.3 Å². The number of fused-ring (bicyclic) bond motifs is 3. The van der Waals surface area contributed by atoms with Crippen molar-refractivity contribution in [1.29, 1.82) is 0 Å². The molecule has 5 nitrogen and oxygen atoms in total. The number of aliphatic imine (C=N–C) groups is 1. The Balaban J connectivity index is 1.99. The van der Waals surface area contributed by atoms with E-state index in [4.69, 9.17) is 11.6 Å². The summed E-state index contributed by atoms with van der Waals surface area (Å²) in [6, 6.07) is 10.8. The van der Waals surface area contributed by atoms with E-state index in [2.05, 4.69) is 15.2 Å². The van der Waals surface area contributed by atoms with Crippen molar-refractivity contribution in [3.8, 4) is 0 Å². The first-order valence-electron chi connectivity index (χ1n) is 8.40. The second-order valence-electron chi connectivity index (χ2n) is 6.27. The molecule has 9 heteroatoms. The molecule has 0 atom stereocenters. The van der Waals surface area contributed by atoms with Crippen LogP contribution in [-0.2, 0) is 6.18 Å². The molecule has 1 N–H and O–H groups in total. The predicted octanol–water partition coefficient (Wildman–Crippen LogP) is 3.78. The summed E-state index contributed by atoms with van der Waals surface area (Å²) in [6.45, 7) is -0.357. The van der Waals surface area contributed by atoms with Crippen LogP contribution in [0.5, 0.6) is 0 Å². The highest BCUT2D eigenvalue weighted by atomic mass is 35.5. The van der Waals surface area contributed by atoms with Gasteiger partial charge < -0.3 is 10.0 Å². The van der Waals surface area contributed by atoms with Crippen LogP contribution in [0.1, 0.15) is 16.7 Å². The summed E-state index contributed by atoms with van der Waals surface area (Å²) in [7, 11) is 0. The number of hydrogen-bond donors (Lipinski definition) is 1. The van der Waals surface area contributed by atoms with Gasteiger partial charge in [0.15, 0.2) is 5.84 Å². The Kier molecular flexibility index (Phi) is 4.68. The van der Waals surface area contributed by atoms with Gasteiger partial charge in [-0.2, -0.15) is 18.3 Å². The van der Waals surface area contributed by atoms with E-state index in [9.17, 15) is 18.3 Å². The van der Waals surface area contributed by atoms with Crippen molar-refractivity contribution in [1.82, 2.24) is 0 Å². The predicted molar refractivity (Wildman–Crippen MR) is 103 cm³/mol. The van der Waals surface area contributed by atoms with Crippen molar-refractivity contribution >= 4 is 34.5 Å². The summed E-state index contributed by atoms with van der Waals surface area (Å²) >= 11 is 6.30. The molecule has 0 spiro atoms. The van der Waals surface area contributed by atoms with Gasteiger partial charge in [0.2, 0.25) is 0 Å². The summed E-state index contributed by atoms with van der Waals surface area (Å²) in [5.74, 6) is 0.275. The molecule has 0 radical (unpaired) electrons. The van der Waals surface area contributed by atoms with Gasteiger partial charge in [-0.1, -0.05) is 41.9 Å². The fourth-order valence-corrected chi connectivity index (χ4v) is 3.49. The Hall–Kier alpha value is -2.71. The zero-order valence-corrected chi connectivity index (χ0v) is 15.2. The van der Waals surface area contributed by atoms with Gasteiger partial charge in [-0.15, -0.1) is 5.10 Å². The number of aliphatic hydroxyl groups is 1. The quantitative estimate of drug-likeness (QED) is 0.825. The monoisotopic (exact) mass is 406 g/mol. The molecule has 144 valence electrons. The maximum absolute atomic E-state index is 13.8. The van der Waals surface area contributed by atoms with Crippen molar-refractivity contribution in [3.05, 3.63) is 64.2 Å². The molecule has 0 amide bonds. The third-order valence-electron chi connectivity index (χ3n) is 4.52. The van der Waals surface area contributed by atoms with Gasteiger partial charge >= 0.3 is 6.18 Å². The molecular formula is C19H14ClF3N4O. The largest absolute Gasteiger partial charge is 0.418 e. The first kappa shape index (κ1) is 18.6. The topological polar surface area (TPSA) is 60.6 Å². The number of aliphatic hydroxyl groups excluding tert-OH is 1. The molecule has 2 aromatic carbocycles. The minimum absolute atomic E-state index is 0.000743. The lowest BCUT2D eigenvalue weighted by Gasteiger charge is -2.30. The molecule has 0 unspecified atom stereocenters. The van der Waals surface area contributed by atoms with Crippen LogP contribution in [0.4, 0.5) is 18.9 Å². The zero-order chi connectivity index (χ0) is 19.9. The summed E-state index contributed by atoms with van der Waals surface area (Å²) in [5.41, 5.74) is 0.590. The van der Waals surface area contributed by atoms with Crippen LogP contribution in [0.3, 0.4) is 0 Å². The number of rotatable bonds is 2. The maximum Gasteiger partial charge on any atom is 0.418 e. The molecule has 4 rings (SSSR count). The number of benzene rings is 2. The SMILES string of the molecule is OCC1=NN=C2CN=C(c3ccccc3Cl)c3cccc(C(F)(F)F)c3N2C1. The molecule has 2 aliphatic rings. The van der Waals surface area contributed by atoms with Crippen molar-refractivity contribution in [3.63, 3.8) is 0 Å². The van der Waals surface area contributed by atoms with Crippen LogP contribution in [0.25, 0.3) is 0 Å². The first-order chi connectivity index (χ1) is 13.4. The van der Waals surface area contributed by atoms with E-state index in [0.29, 0.717) is 21.9 Å². The third kappa shape index (κ3) is 3.18. The lowest BCUT2D eigenvalue weighted by Crippen LogP contribution is -2.41. The Bertz CT molecular complexity index is 1030. The van der Waals surface area contributed by atoms with Crippen LogP contribution >= 0.6 is 11.6 Å². The van der Waals surface area contributed by atoms with Crippen LogP contribution < -0.4 is 4.90 Å². The second kappa shape index (κ2) is 7.03.